The Morgan fingerprint density at radius 1 is 0.256 bits per heavy atom. The Kier molecular flexibility index (Phi) is 8.66. The van der Waals surface area contributed by atoms with Crippen molar-refractivity contribution in [1.82, 2.24) is 9.13 Å². The monoisotopic (exact) mass is 984 g/mol. The summed E-state index contributed by atoms with van der Waals surface area (Å²) in [7, 11) is 0. The van der Waals surface area contributed by atoms with E-state index in [1.165, 1.54) is 92.1 Å². The molecule has 356 valence electrons. The summed E-state index contributed by atoms with van der Waals surface area (Å²) < 4.78 is 4.74. The van der Waals surface area contributed by atoms with Crippen LogP contribution in [0.4, 0.5) is 0 Å². The number of nitriles is 2. The van der Waals surface area contributed by atoms with Crippen molar-refractivity contribution >= 4 is 119 Å². The molecule has 4 nitrogen and oxygen atoms in total. The zero-order valence-electron chi connectivity index (χ0n) is 41.9. The zero-order chi connectivity index (χ0) is 51.3. The highest BCUT2D eigenvalue weighted by Gasteiger charge is 2.25. The van der Waals surface area contributed by atoms with Gasteiger partial charge in [0.1, 0.15) is 0 Å². The third-order valence-electron chi connectivity index (χ3n) is 16.9. The van der Waals surface area contributed by atoms with Crippen LogP contribution in [0.3, 0.4) is 0 Å². The predicted molar refractivity (Wildman–Crippen MR) is 326 cm³/mol. The molecule has 0 N–H and O–H groups in total. The van der Waals surface area contributed by atoms with Gasteiger partial charge in [-0.25, -0.2) is 0 Å². The lowest BCUT2D eigenvalue weighted by atomic mass is 9.83. The van der Waals surface area contributed by atoms with Crippen LogP contribution in [0.1, 0.15) is 11.1 Å². The summed E-state index contributed by atoms with van der Waals surface area (Å²) in [5.41, 5.74) is 14.7. The lowest BCUT2D eigenvalue weighted by Crippen LogP contribution is -1.95. The average Bonchev–Trinajstić information content (AvgIpc) is 4.22. The molecule has 0 atom stereocenters. The fourth-order valence-electron chi connectivity index (χ4n) is 13.6. The Hall–Kier alpha value is -10.8. The normalized spacial score (nSPS) is 12.1. The number of rotatable bonds is 5. The van der Waals surface area contributed by atoms with E-state index in [1.54, 1.807) is 0 Å². The molecule has 0 saturated carbocycles. The fraction of sp³-hybridized carbons (Fsp3) is 0. The first-order valence-corrected chi connectivity index (χ1v) is 26.5. The van der Waals surface area contributed by atoms with Gasteiger partial charge >= 0.3 is 0 Å². The summed E-state index contributed by atoms with van der Waals surface area (Å²) in [5, 5.41) is 41.6. The summed E-state index contributed by atoms with van der Waals surface area (Å²) in [6.07, 6.45) is 0. The van der Waals surface area contributed by atoms with Crippen LogP contribution in [0.25, 0.3) is 164 Å². The van der Waals surface area contributed by atoms with E-state index in [2.05, 4.69) is 252 Å². The molecule has 2 heterocycles. The molecule has 0 unspecified atom stereocenters. The van der Waals surface area contributed by atoms with Gasteiger partial charge < -0.3 is 9.13 Å². The number of aromatic nitrogens is 2. The summed E-state index contributed by atoms with van der Waals surface area (Å²) in [6, 6.07) is 93.3. The van der Waals surface area contributed by atoms with Gasteiger partial charge in [-0.3, -0.25) is 0 Å². The third kappa shape index (κ3) is 5.92. The van der Waals surface area contributed by atoms with Crippen molar-refractivity contribution in [3.8, 4) is 56.9 Å². The molecule has 4 heteroatoms. The molecule has 0 saturated heterocycles. The second-order valence-corrected chi connectivity index (χ2v) is 21.0. The van der Waals surface area contributed by atoms with E-state index in [0.717, 1.165) is 71.7 Å². The lowest BCUT2D eigenvalue weighted by Gasteiger charge is -2.20. The maximum absolute atomic E-state index is 10.3. The third-order valence-corrected chi connectivity index (χ3v) is 16.9. The maximum Gasteiger partial charge on any atom is 0.0992 e. The molecule has 17 rings (SSSR count). The molecule has 0 spiro atoms. The summed E-state index contributed by atoms with van der Waals surface area (Å²) in [4.78, 5) is 0. The van der Waals surface area contributed by atoms with E-state index < -0.39 is 0 Å². The topological polar surface area (TPSA) is 57.4 Å². The van der Waals surface area contributed by atoms with Gasteiger partial charge in [-0.05, 0) is 182 Å². The first kappa shape index (κ1) is 42.6. The molecule has 15 aromatic carbocycles. The molecule has 78 heavy (non-hydrogen) atoms. The van der Waals surface area contributed by atoms with Crippen LogP contribution in [0.5, 0.6) is 0 Å². The molecular formula is C74H40N4. The van der Waals surface area contributed by atoms with Gasteiger partial charge in [-0.1, -0.05) is 170 Å². The predicted octanol–water partition coefficient (Wildman–Crippen LogP) is 19.6. The van der Waals surface area contributed by atoms with Crippen LogP contribution in [0.15, 0.2) is 243 Å². The number of benzene rings is 15. The molecule has 0 radical (unpaired) electrons. The Balaban J connectivity index is 0.895. The number of fused-ring (bicyclic) bond motifs is 5. The van der Waals surface area contributed by atoms with Crippen molar-refractivity contribution in [2.24, 2.45) is 0 Å². The molecule has 0 aliphatic rings. The van der Waals surface area contributed by atoms with Gasteiger partial charge in [0, 0.05) is 32.9 Å². The standard InChI is InChI=1S/C74H40N4/c75-41-43-31-49-21-23-51-35-53(39-67-72(51)70(49)65(33-43)77(67)55-27-25-45-11-1-3-13-47(45)37-55)57-29-30-64(59-16-6-5-15-58(57)59)74-62-19-9-7-17-60(62)69(61-18-8-10-20-63(61)74)54-36-52-24-22-50-32-44(42-76)34-66-71(50)73(52)68(40-54)78(66)56-28-26-46-12-2-4-14-48(46)38-56/h1-40H. The quantitative estimate of drug-likeness (QED) is 0.127. The van der Waals surface area contributed by atoms with Gasteiger partial charge in [0.25, 0.3) is 0 Å². The van der Waals surface area contributed by atoms with E-state index in [0.29, 0.717) is 11.1 Å². The molecule has 0 bridgehead atoms. The summed E-state index contributed by atoms with van der Waals surface area (Å²) in [6.45, 7) is 0. The summed E-state index contributed by atoms with van der Waals surface area (Å²) >= 11 is 0. The van der Waals surface area contributed by atoms with Crippen molar-refractivity contribution < 1.29 is 0 Å². The van der Waals surface area contributed by atoms with Gasteiger partial charge in [0.05, 0.1) is 45.3 Å². The van der Waals surface area contributed by atoms with Crippen LogP contribution in [-0.4, -0.2) is 9.13 Å². The highest BCUT2D eigenvalue weighted by molar-refractivity contribution is 6.29. The highest BCUT2D eigenvalue weighted by Crippen LogP contribution is 2.50. The van der Waals surface area contributed by atoms with E-state index in [-0.39, 0.29) is 0 Å². The number of hydrogen-bond acceptors (Lipinski definition) is 2. The van der Waals surface area contributed by atoms with E-state index >= 15 is 0 Å². The number of hydrogen-bond donors (Lipinski definition) is 0. The molecule has 0 aliphatic carbocycles. The maximum atomic E-state index is 10.3. The average molecular weight is 985 g/mol. The van der Waals surface area contributed by atoms with Crippen LogP contribution in [0.2, 0.25) is 0 Å². The second-order valence-electron chi connectivity index (χ2n) is 21.0. The Morgan fingerprint density at radius 2 is 0.615 bits per heavy atom. The SMILES string of the molecule is N#Cc1cc2ccc3cc(-c4ccc(-c5c6ccccc6c(-c6cc7ccc8cc(C#N)cc9c8c7c(c6)n9-c6ccc7ccccc7c6)c6ccccc56)c5ccccc45)cc4c3c2c(c1)n4-c1ccc2ccccc2c1. The molecule has 0 aliphatic heterocycles. The fourth-order valence-corrected chi connectivity index (χ4v) is 13.6. The first-order valence-electron chi connectivity index (χ1n) is 26.5. The van der Waals surface area contributed by atoms with Crippen molar-refractivity contribution in [1.29, 1.82) is 10.5 Å². The Labute approximate surface area is 447 Å². The van der Waals surface area contributed by atoms with Crippen LogP contribution in [0, 0.1) is 22.7 Å². The largest absolute Gasteiger partial charge is 0.309 e. The van der Waals surface area contributed by atoms with Crippen molar-refractivity contribution in [2.45, 2.75) is 0 Å². The molecule has 2 aromatic heterocycles. The highest BCUT2D eigenvalue weighted by atomic mass is 15.0. The van der Waals surface area contributed by atoms with Crippen LogP contribution < -0.4 is 0 Å². The van der Waals surface area contributed by atoms with E-state index in [4.69, 9.17) is 0 Å². The zero-order valence-corrected chi connectivity index (χ0v) is 41.9. The minimum atomic E-state index is 0.645. The molecule has 0 fully saturated rings. The molecule has 0 amide bonds. The van der Waals surface area contributed by atoms with Crippen LogP contribution in [-0.2, 0) is 0 Å². The van der Waals surface area contributed by atoms with E-state index in [1.807, 2.05) is 12.1 Å². The van der Waals surface area contributed by atoms with Crippen molar-refractivity contribution in [2.75, 3.05) is 0 Å². The second kappa shape index (κ2) is 15.9. The van der Waals surface area contributed by atoms with Gasteiger partial charge in [0.2, 0.25) is 0 Å². The Bertz CT molecular complexity index is 5480. The molecule has 17 aromatic rings. The Morgan fingerprint density at radius 3 is 1.10 bits per heavy atom. The van der Waals surface area contributed by atoms with Gasteiger partial charge in [0.15, 0.2) is 0 Å². The van der Waals surface area contributed by atoms with Gasteiger partial charge in [-0.2, -0.15) is 10.5 Å². The minimum absolute atomic E-state index is 0.645. The molecular weight excluding hydrogens is 945 g/mol. The first-order chi connectivity index (χ1) is 38.6. The van der Waals surface area contributed by atoms with Crippen molar-refractivity contribution in [3.63, 3.8) is 0 Å². The lowest BCUT2D eigenvalue weighted by molar-refractivity contribution is 1.19. The van der Waals surface area contributed by atoms with Crippen molar-refractivity contribution in [3.05, 3.63) is 254 Å². The van der Waals surface area contributed by atoms with Gasteiger partial charge in [-0.15, -0.1) is 0 Å². The summed E-state index contributed by atoms with van der Waals surface area (Å²) in [5.74, 6) is 0. The van der Waals surface area contributed by atoms with E-state index in [9.17, 15) is 10.5 Å². The smallest absolute Gasteiger partial charge is 0.0992 e. The van der Waals surface area contributed by atoms with Crippen LogP contribution >= 0.6 is 0 Å². The number of nitrogens with zero attached hydrogens (tertiary/aromatic N) is 4. The minimum Gasteiger partial charge on any atom is -0.309 e.